The van der Waals surface area contributed by atoms with E-state index in [1.54, 1.807) is 18.2 Å². The third kappa shape index (κ3) is 3.30. The second-order valence-electron chi connectivity index (χ2n) is 3.90. The minimum Gasteiger partial charge on any atom is -0.381 e. The summed E-state index contributed by atoms with van der Waals surface area (Å²) >= 11 is 3.27. The van der Waals surface area contributed by atoms with Gasteiger partial charge >= 0.3 is 0 Å². The highest BCUT2D eigenvalue weighted by molar-refractivity contribution is 9.10. The fraction of sp³-hybridized carbons (Fsp3) is 0.0714. The lowest BCUT2D eigenvalue weighted by atomic mass is 10.2. The van der Waals surface area contributed by atoms with Crippen LogP contribution in [0.15, 0.2) is 40.9 Å². The minimum atomic E-state index is -0.545. The van der Waals surface area contributed by atoms with Crippen LogP contribution in [0.1, 0.15) is 11.1 Å². The van der Waals surface area contributed by atoms with Gasteiger partial charge < -0.3 is 5.32 Å². The second-order valence-corrected chi connectivity index (χ2v) is 4.75. The van der Waals surface area contributed by atoms with Gasteiger partial charge in [-0.05, 0) is 35.9 Å². The van der Waals surface area contributed by atoms with E-state index < -0.39 is 5.82 Å². The van der Waals surface area contributed by atoms with Gasteiger partial charge in [0, 0.05) is 16.7 Å². The average molecular weight is 323 g/mol. The number of anilines is 1. The van der Waals surface area contributed by atoms with Crippen molar-refractivity contribution in [1.29, 1.82) is 5.26 Å². The summed E-state index contributed by atoms with van der Waals surface area (Å²) in [5, 5.41) is 11.8. The number of hydrogen-bond acceptors (Lipinski definition) is 2. The number of nitrogens with one attached hydrogen (secondary N) is 1. The molecule has 0 fully saturated rings. The zero-order chi connectivity index (χ0) is 13.8. The lowest BCUT2D eigenvalue weighted by Crippen LogP contribution is -2.01. The summed E-state index contributed by atoms with van der Waals surface area (Å²) in [4.78, 5) is 0. The quantitative estimate of drug-likeness (QED) is 0.918. The third-order valence-corrected chi connectivity index (χ3v) is 3.32. The van der Waals surface area contributed by atoms with Gasteiger partial charge in [-0.3, -0.25) is 0 Å². The fourth-order valence-electron chi connectivity index (χ4n) is 1.58. The molecule has 0 atom stereocenters. The van der Waals surface area contributed by atoms with E-state index >= 15 is 0 Å². The molecule has 5 heteroatoms. The van der Waals surface area contributed by atoms with E-state index in [2.05, 4.69) is 21.2 Å². The molecule has 0 aliphatic carbocycles. The van der Waals surface area contributed by atoms with Crippen LogP contribution in [0.4, 0.5) is 14.5 Å². The van der Waals surface area contributed by atoms with Gasteiger partial charge in [0.2, 0.25) is 0 Å². The van der Waals surface area contributed by atoms with E-state index in [-0.39, 0.29) is 11.4 Å². The SMILES string of the molecule is N#Cc1cc(NCc2ccc(F)cc2Br)ccc1F. The summed E-state index contributed by atoms with van der Waals surface area (Å²) in [7, 11) is 0. The van der Waals surface area contributed by atoms with Crippen molar-refractivity contribution in [2.24, 2.45) is 0 Å². The minimum absolute atomic E-state index is 0.0110. The molecule has 1 N–H and O–H groups in total. The molecule has 0 saturated heterocycles. The Balaban J connectivity index is 2.13. The Kier molecular flexibility index (Phi) is 4.13. The summed E-state index contributed by atoms with van der Waals surface area (Å²) in [6, 6.07) is 10.4. The molecule has 0 unspecified atom stereocenters. The van der Waals surface area contributed by atoms with Crippen molar-refractivity contribution in [2.45, 2.75) is 6.54 Å². The Morgan fingerprint density at radius 1 is 1.16 bits per heavy atom. The van der Waals surface area contributed by atoms with Crippen LogP contribution in [0, 0.1) is 23.0 Å². The molecule has 0 aromatic heterocycles. The van der Waals surface area contributed by atoms with Gasteiger partial charge in [-0.2, -0.15) is 5.26 Å². The first-order chi connectivity index (χ1) is 9.10. The normalized spacial score (nSPS) is 10.0. The molecule has 2 aromatic carbocycles. The molecule has 0 spiro atoms. The summed E-state index contributed by atoms with van der Waals surface area (Å²) in [5.41, 5.74) is 1.49. The molecule has 0 amide bonds. The first-order valence-electron chi connectivity index (χ1n) is 5.47. The molecule has 96 valence electrons. The van der Waals surface area contributed by atoms with E-state index in [0.29, 0.717) is 16.7 Å². The Morgan fingerprint density at radius 3 is 2.63 bits per heavy atom. The number of nitriles is 1. The topological polar surface area (TPSA) is 35.8 Å². The summed E-state index contributed by atoms with van der Waals surface area (Å²) in [6.07, 6.45) is 0. The van der Waals surface area contributed by atoms with Gasteiger partial charge in [0.05, 0.1) is 5.56 Å². The van der Waals surface area contributed by atoms with Crippen molar-refractivity contribution in [1.82, 2.24) is 0 Å². The number of hydrogen-bond donors (Lipinski definition) is 1. The molecule has 2 rings (SSSR count). The van der Waals surface area contributed by atoms with Crippen LogP contribution in [-0.2, 0) is 6.54 Å². The largest absolute Gasteiger partial charge is 0.381 e. The van der Waals surface area contributed by atoms with Crippen LogP contribution >= 0.6 is 15.9 Å². The Labute approximate surface area is 117 Å². The van der Waals surface area contributed by atoms with Gasteiger partial charge in [0.1, 0.15) is 17.7 Å². The molecule has 19 heavy (non-hydrogen) atoms. The first kappa shape index (κ1) is 13.5. The van der Waals surface area contributed by atoms with Gasteiger partial charge in [-0.1, -0.05) is 22.0 Å². The summed E-state index contributed by atoms with van der Waals surface area (Å²) < 4.78 is 26.7. The highest BCUT2D eigenvalue weighted by atomic mass is 79.9. The highest BCUT2D eigenvalue weighted by Crippen LogP contribution is 2.20. The van der Waals surface area contributed by atoms with E-state index in [1.165, 1.54) is 24.3 Å². The highest BCUT2D eigenvalue weighted by Gasteiger charge is 2.04. The predicted molar refractivity (Wildman–Crippen MR) is 72.5 cm³/mol. The van der Waals surface area contributed by atoms with Crippen molar-refractivity contribution in [2.75, 3.05) is 5.32 Å². The maximum atomic E-state index is 13.1. The molecule has 0 saturated carbocycles. The molecule has 2 aromatic rings. The molecule has 0 bridgehead atoms. The van der Waals surface area contributed by atoms with Crippen LogP contribution in [0.2, 0.25) is 0 Å². The van der Waals surface area contributed by atoms with E-state index in [4.69, 9.17) is 5.26 Å². The molecule has 0 heterocycles. The van der Waals surface area contributed by atoms with Gasteiger partial charge in [0.15, 0.2) is 0 Å². The van der Waals surface area contributed by atoms with E-state index in [1.807, 2.05) is 0 Å². The Bertz CT molecular complexity index is 650. The molecule has 0 aliphatic rings. The van der Waals surface area contributed by atoms with Crippen LogP contribution in [0.5, 0.6) is 0 Å². The maximum absolute atomic E-state index is 13.1. The average Bonchev–Trinajstić information content (AvgIpc) is 2.39. The number of nitrogens with zero attached hydrogens (tertiary/aromatic N) is 1. The van der Waals surface area contributed by atoms with E-state index in [0.717, 1.165) is 5.56 Å². The first-order valence-corrected chi connectivity index (χ1v) is 6.27. The monoisotopic (exact) mass is 322 g/mol. The Hall–Kier alpha value is -1.93. The zero-order valence-corrected chi connectivity index (χ0v) is 11.3. The van der Waals surface area contributed by atoms with Crippen molar-refractivity contribution >= 4 is 21.6 Å². The predicted octanol–water partition coefficient (Wildman–Crippen LogP) is 4.21. The van der Waals surface area contributed by atoms with E-state index in [9.17, 15) is 8.78 Å². The summed E-state index contributed by atoms with van der Waals surface area (Å²) in [6.45, 7) is 0.442. The zero-order valence-electron chi connectivity index (χ0n) is 9.75. The van der Waals surface area contributed by atoms with Gasteiger partial charge in [-0.15, -0.1) is 0 Å². The molecular weight excluding hydrogens is 314 g/mol. The lowest BCUT2D eigenvalue weighted by Gasteiger charge is -2.09. The third-order valence-electron chi connectivity index (χ3n) is 2.58. The van der Waals surface area contributed by atoms with Crippen molar-refractivity contribution < 1.29 is 8.78 Å². The number of rotatable bonds is 3. The van der Waals surface area contributed by atoms with Crippen LogP contribution in [-0.4, -0.2) is 0 Å². The summed E-state index contributed by atoms with van der Waals surface area (Å²) in [5.74, 6) is -0.861. The van der Waals surface area contributed by atoms with Crippen molar-refractivity contribution in [3.05, 3.63) is 63.6 Å². The standard InChI is InChI=1S/C14H9BrF2N2/c15-13-6-11(16)2-1-9(13)8-19-12-3-4-14(17)10(5-12)7-18/h1-6,19H,8H2. The second kappa shape index (κ2) is 5.81. The molecule has 0 radical (unpaired) electrons. The number of halogens is 3. The van der Waals surface area contributed by atoms with Gasteiger partial charge in [0.25, 0.3) is 0 Å². The number of benzene rings is 2. The Morgan fingerprint density at radius 2 is 1.95 bits per heavy atom. The van der Waals surface area contributed by atoms with Crippen molar-refractivity contribution in [3.8, 4) is 6.07 Å². The molecule has 0 aliphatic heterocycles. The molecular formula is C14H9BrF2N2. The lowest BCUT2D eigenvalue weighted by molar-refractivity contribution is 0.624. The fourth-order valence-corrected chi connectivity index (χ4v) is 2.07. The molecule has 2 nitrogen and oxygen atoms in total. The maximum Gasteiger partial charge on any atom is 0.141 e. The van der Waals surface area contributed by atoms with Gasteiger partial charge in [-0.25, -0.2) is 8.78 Å². The van der Waals surface area contributed by atoms with Crippen LogP contribution in [0.3, 0.4) is 0 Å². The smallest absolute Gasteiger partial charge is 0.141 e. The van der Waals surface area contributed by atoms with Crippen LogP contribution < -0.4 is 5.32 Å². The van der Waals surface area contributed by atoms with Crippen molar-refractivity contribution in [3.63, 3.8) is 0 Å². The van der Waals surface area contributed by atoms with Crippen LogP contribution in [0.25, 0.3) is 0 Å².